The third-order valence-electron chi connectivity index (χ3n) is 3.51. The summed E-state index contributed by atoms with van der Waals surface area (Å²) in [6.07, 6.45) is 1.08. The summed E-state index contributed by atoms with van der Waals surface area (Å²) in [4.78, 5) is 12.5. The number of para-hydroxylation sites is 1. The fourth-order valence-corrected chi connectivity index (χ4v) is 3.66. The lowest BCUT2D eigenvalue weighted by molar-refractivity contribution is -0.116. The zero-order valence-electron chi connectivity index (χ0n) is 13.7. The molecule has 0 bridgehead atoms. The van der Waals surface area contributed by atoms with Crippen molar-refractivity contribution in [3.8, 4) is 0 Å². The fourth-order valence-electron chi connectivity index (χ4n) is 2.30. The second kappa shape index (κ2) is 7.23. The van der Waals surface area contributed by atoms with Crippen LogP contribution < -0.4 is 9.62 Å². The van der Waals surface area contributed by atoms with E-state index in [1.807, 2.05) is 6.92 Å². The number of carbonyl (C=O) groups is 1. The number of sulfonamides is 1. The summed E-state index contributed by atoms with van der Waals surface area (Å²) in [5, 5.41) is 3.05. The van der Waals surface area contributed by atoms with Crippen LogP contribution in [0.15, 0.2) is 48.5 Å². The number of amides is 1. The molecule has 1 amide bonds. The Bertz CT molecular complexity index is 835. The molecule has 1 N–H and O–H groups in total. The lowest BCUT2D eigenvalue weighted by Crippen LogP contribution is -2.45. The minimum absolute atomic E-state index is 0.388. The van der Waals surface area contributed by atoms with Crippen LogP contribution in [0.4, 0.5) is 11.4 Å². The minimum Gasteiger partial charge on any atom is -0.323 e. The van der Waals surface area contributed by atoms with Gasteiger partial charge < -0.3 is 5.32 Å². The molecule has 0 heterocycles. The number of nitrogens with one attached hydrogen (secondary N) is 1. The smallest absolute Gasteiger partial charge is 0.248 e. The number of rotatable bonds is 5. The van der Waals surface area contributed by atoms with Crippen LogP contribution in [0.5, 0.6) is 0 Å². The highest BCUT2D eigenvalue weighted by atomic mass is 35.5. The average Bonchev–Trinajstić information content (AvgIpc) is 2.50. The summed E-state index contributed by atoms with van der Waals surface area (Å²) in [6, 6.07) is 12.8. The second-order valence-corrected chi connectivity index (χ2v) is 7.81. The molecule has 128 valence electrons. The Labute approximate surface area is 147 Å². The molecule has 2 rings (SSSR count). The Hall–Kier alpha value is -2.05. The number of nitrogens with zero attached hydrogens (tertiary/aromatic N) is 1. The first-order valence-electron chi connectivity index (χ1n) is 7.31. The highest BCUT2D eigenvalue weighted by molar-refractivity contribution is 7.92. The van der Waals surface area contributed by atoms with Gasteiger partial charge in [0.15, 0.2) is 0 Å². The van der Waals surface area contributed by atoms with Crippen molar-refractivity contribution >= 4 is 38.9 Å². The maximum atomic E-state index is 12.5. The van der Waals surface area contributed by atoms with Crippen molar-refractivity contribution in [1.82, 2.24) is 0 Å². The van der Waals surface area contributed by atoms with Gasteiger partial charge in [0.25, 0.3) is 0 Å². The van der Waals surface area contributed by atoms with Crippen LogP contribution in [0.25, 0.3) is 0 Å². The van der Waals surface area contributed by atoms with Crippen molar-refractivity contribution in [2.45, 2.75) is 19.9 Å². The van der Waals surface area contributed by atoms with Crippen molar-refractivity contribution in [2.75, 3.05) is 15.9 Å². The normalized spacial score (nSPS) is 12.5. The van der Waals surface area contributed by atoms with E-state index in [0.717, 1.165) is 16.1 Å². The van der Waals surface area contributed by atoms with Gasteiger partial charge in [-0.2, -0.15) is 0 Å². The van der Waals surface area contributed by atoms with E-state index in [0.29, 0.717) is 16.4 Å². The summed E-state index contributed by atoms with van der Waals surface area (Å²) >= 11 is 6.03. The van der Waals surface area contributed by atoms with Crippen LogP contribution in [0.1, 0.15) is 12.5 Å². The van der Waals surface area contributed by atoms with E-state index in [4.69, 9.17) is 11.6 Å². The van der Waals surface area contributed by atoms with E-state index < -0.39 is 22.0 Å². The van der Waals surface area contributed by atoms with E-state index >= 15 is 0 Å². The van der Waals surface area contributed by atoms with Gasteiger partial charge in [0.05, 0.1) is 22.7 Å². The topological polar surface area (TPSA) is 66.5 Å². The Balaban J connectivity index is 2.31. The molecule has 2 aromatic rings. The van der Waals surface area contributed by atoms with Gasteiger partial charge >= 0.3 is 0 Å². The zero-order valence-corrected chi connectivity index (χ0v) is 15.2. The number of aryl methyl sites for hydroxylation is 1. The quantitative estimate of drug-likeness (QED) is 0.881. The maximum absolute atomic E-state index is 12.5. The number of hydrogen-bond acceptors (Lipinski definition) is 3. The van der Waals surface area contributed by atoms with Crippen LogP contribution in [0.2, 0.25) is 5.02 Å². The third-order valence-corrected chi connectivity index (χ3v) is 5.08. The Morgan fingerprint density at radius 3 is 2.25 bits per heavy atom. The molecule has 0 radical (unpaired) electrons. The molecule has 0 saturated heterocycles. The summed E-state index contributed by atoms with van der Waals surface area (Å²) in [5.41, 5.74) is 1.87. The lowest BCUT2D eigenvalue weighted by Gasteiger charge is -2.28. The first-order valence-corrected chi connectivity index (χ1v) is 9.54. The van der Waals surface area contributed by atoms with Gasteiger partial charge in [-0.1, -0.05) is 41.4 Å². The first kappa shape index (κ1) is 18.3. The van der Waals surface area contributed by atoms with Crippen LogP contribution >= 0.6 is 11.6 Å². The summed E-state index contributed by atoms with van der Waals surface area (Å²) in [6.45, 7) is 3.44. The Morgan fingerprint density at radius 1 is 1.12 bits per heavy atom. The van der Waals surface area contributed by atoms with Crippen molar-refractivity contribution < 1.29 is 13.2 Å². The van der Waals surface area contributed by atoms with Crippen molar-refractivity contribution in [1.29, 1.82) is 0 Å². The van der Waals surface area contributed by atoms with Crippen molar-refractivity contribution in [3.05, 3.63) is 59.1 Å². The molecule has 0 aliphatic carbocycles. The van der Waals surface area contributed by atoms with Crippen LogP contribution in [-0.4, -0.2) is 26.6 Å². The molecule has 5 nitrogen and oxygen atoms in total. The largest absolute Gasteiger partial charge is 0.323 e. The summed E-state index contributed by atoms with van der Waals surface area (Å²) < 4.78 is 25.5. The second-order valence-electron chi connectivity index (χ2n) is 5.54. The van der Waals surface area contributed by atoms with Crippen LogP contribution in [-0.2, 0) is 14.8 Å². The number of carbonyl (C=O) groups excluding carboxylic acids is 1. The molecule has 1 unspecified atom stereocenters. The van der Waals surface area contributed by atoms with E-state index in [1.165, 1.54) is 6.92 Å². The summed E-state index contributed by atoms with van der Waals surface area (Å²) in [5.74, 6) is -0.464. The van der Waals surface area contributed by atoms with Crippen molar-refractivity contribution in [2.24, 2.45) is 0 Å². The third kappa shape index (κ3) is 4.27. The fraction of sp³-hybridized carbons (Fsp3) is 0.235. The monoisotopic (exact) mass is 366 g/mol. The number of hydrogen-bond donors (Lipinski definition) is 1. The van der Waals surface area contributed by atoms with Gasteiger partial charge in [0.2, 0.25) is 15.9 Å². The average molecular weight is 367 g/mol. The number of halogens is 1. The predicted octanol–water partition coefficient (Wildman–Crippen LogP) is 3.44. The van der Waals surface area contributed by atoms with Gasteiger partial charge in [0, 0.05) is 0 Å². The van der Waals surface area contributed by atoms with Crippen LogP contribution in [0.3, 0.4) is 0 Å². The van der Waals surface area contributed by atoms with Gasteiger partial charge in [-0.15, -0.1) is 0 Å². The van der Waals surface area contributed by atoms with E-state index in [2.05, 4.69) is 5.32 Å². The predicted molar refractivity (Wildman–Crippen MR) is 98.0 cm³/mol. The molecule has 1 atom stereocenters. The highest BCUT2D eigenvalue weighted by Crippen LogP contribution is 2.24. The maximum Gasteiger partial charge on any atom is 0.248 e. The Morgan fingerprint density at radius 2 is 1.71 bits per heavy atom. The molecule has 0 aromatic heterocycles. The molecule has 0 spiro atoms. The number of benzene rings is 2. The first-order chi connectivity index (χ1) is 11.2. The molecule has 0 aliphatic heterocycles. The molecule has 0 saturated carbocycles. The molecule has 0 aliphatic rings. The molecule has 7 heteroatoms. The number of anilines is 2. The Kier molecular flexibility index (Phi) is 5.51. The SMILES string of the molecule is Cc1ccc(N(C(C)C(=O)Nc2ccccc2Cl)S(C)(=O)=O)cc1. The van der Waals surface area contributed by atoms with E-state index in [-0.39, 0.29) is 0 Å². The lowest BCUT2D eigenvalue weighted by atomic mass is 10.2. The molecule has 24 heavy (non-hydrogen) atoms. The molecular formula is C17H19ClN2O3S. The standard InChI is InChI=1S/C17H19ClN2O3S/c1-12-8-10-14(11-9-12)20(24(3,22)23)13(2)17(21)19-16-7-5-4-6-15(16)18/h4-11,13H,1-3H3,(H,19,21). The van der Waals surface area contributed by atoms with Gasteiger partial charge in [-0.3, -0.25) is 9.10 Å². The van der Waals surface area contributed by atoms with E-state index in [1.54, 1.807) is 48.5 Å². The van der Waals surface area contributed by atoms with Crippen LogP contribution in [0, 0.1) is 6.92 Å². The van der Waals surface area contributed by atoms with E-state index in [9.17, 15) is 13.2 Å². The molecule has 0 fully saturated rings. The minimum atomic E-state index is -3.64. The van der Waals surface area contributed by atoms with Gasteiger partial charge in [-0.05, 0) is 38.1 Å². The molecular weight excluding hydrogens is 348 g/mol. The highest BCUT2D eigenvalue weighted by Gasteiger charge is 2.29. The van der Waals surface area contributed by atoms with Crippen molar-refractivity contribution in [3.63, 3.8) is 0 Å². The summed E-state index contributed by atoms with van der Waals surface area (Å²) in [7, 11) is -3.64. The van der Waals surface area contributed by atoms with Gasteiger partial charge in [0.1, 0.15) is 6.04 Å². The van der Waals surface area contributed by atoms with Gasteiger partial charge in [-0.25, -0.2) is 8.42 Å². The zero-order chi connectivity index (χ0) is 17.9. The molecule has 2 aromatic carbocycles.